The summed E-state index contributed by atoms with van der Waals surface area (Å²) in [5.41, 5.74) is 2.64. The number of nitrogens with one attached hydrogen (secondary N) is 1. The van der Waals surface area contributed by atoms with Crippen molar-refractivity contribution in [2.45, 2.75) is 13.3 Å². The Hall–Kier alpha value is -1.68. The lowest BCUT2D eigenvalue weighted by atomic mass is 10.2. The van der Waals surface area contributed by atoms with Gasteiger partial charge in [0.2, 0.25) is 5.91 Å². The second kappa shape index (κ2) is 5.78. The van der Waals surface area contributed by atoms with Gasteiger partial charge >= 0.3 is 0 Å². The van der Waals surface area contributed by atoms with Crippen molar-refractivity contribution < 1.29 is 4.79 Å². The standard InChI is InChI=1S/C14H13BrN2O/c1-10-5-4-7-12(14(10)15)17-13(18)9-11-6-2-3-8-16-11/h2-8H,9H2,1H3,(H,17,18). The first-order valence-electron chi connectivity index (χ1n) is 5.61. The fraction of sp³-hybridized carbons (Fsp3) is 0.143. The van der Waals surface area contributed by atoms with Gasteiger partial charge in [0.1, 0.15) is 0 Å². The van der Waals surface area contributed by atoms with Gasteiger partial charge in [-0.2, -0.15) is 0 Å². The summed E-state index contributed by atoms with van der Waals surface area (Å²) in [6.07, 6.45) is 1.96. The Kier molecular flexibility index (Phi) is 4.10. The van der Waals surface area contributed by atoms with E-state index >= 15 is 0 Å². The van der Waals surface area contributed by atoms with Crippen molar-refractivity contribution in [1.29, 1.82) is 0 Å². The normalized spacial score (nSPS) is 10.1. The van der Waals surface area contributed by atoms with E-state index in [1.54, 1.807) is 6.20 Å². The summed E-state index contributed by atoms with van der Waals surface area (Å²) < 4.78 is 0.916. The minimum Gasteiger partial charge on any atom is -0.325 e. The molecule has 1 heterocycles. The molecule has 4 heteroatoms. The fourth-order valence-electron chi connectivity index (χ4n) is 1.61. The maximum atomic E-state index is 11.9. The number of hydrogen-bond donors (Lipinski definition) is 1. The van der Waals surface area contributed by atoms with E-state index in [-0.39, 0.29) is 12.3 Å². The summed E-state index contributed by atoms with van der Waals surface area (Å²) in [4.78, 5) is 16.0. The molecule has 0 atom stereocenters. The molecule has 0 aliphatic rings. The summed E-state index contributed by atoms with van der Waals surface area (Å²) in [5, 5.41) is 2.87. The van der Waals surface area contributed by atoms with Crippen LogP contribution in [-0.4, -0.2) is 10.9 Å². The van der Waals surface area contributed by atoms with Crippen LogP contribution >= 0.6 is 15.9 Å². The highest BCUT2D eigenvalue weighted by atomic mass is 79.9. The highest BCUT2D eigenvalue weighted by Crippen LogP contribution is 2.25. The lowest BCUT2D eigenvalue weighted by Gasteiger charge is -2.08. The first-order chi connectivity index (χ1) is 8.66. The van der Waals surface area contributed by atoms with Crippen LogP contribution in [0.3, 0.4) is 0 Å². The molecule has 2 rings (SSSR count). The molecule has 0 saturated carbocycles. The van der Waals surface area contributed by atoms with Crippen LogP contribution < -0.4 is 5.32 Å². The molecule has 0 unspecified atom stereocenters. The molecule has 0 aliphatic heterocycles. The Balaban J connectivity index is 2.06. The van der Waals surface area contributed by atoms with E-state index in [0.29, 0.717) is 0 Å². The Labute approximate surface area is 114 Å². The number of amides is 1. The second-order valence-electron chi connectivity index (χ2n) is 3.98. The zero-order valence-electron chi connectivity index (χ0n) is 9.98. The first kappa shape index (κ1) is 12.8. The number of halogens is 1. The third-order valence-electron chi connectivity index (χ3n) is 2.53. The number of aryl methyl sites for hydroxylation is 1. The predicted molar refractivity (Wildman–Crippen MR) is 75.4 cm³/mol. The van der Waals surface area contributed by atoms with Crippen LogP contribution in [-0.2, 0) is 11.2 Å². The van der Waals surface area contributed by atoms with Gasteiger partial charge in [0.05, 0.1) is 12.1 Å². The van der Waals surface area contributed by atoms with Crippen LogP contribution in [0, 0.1) is 6.92 Å². The van der Waals surface area contributed by atoms with Gasteiger partial charge in [0, 0.05) is 16.4 Å². The van der Waals surface area contributed by atoms with Crippen molar-refractivity contribution in [3.63, 3.8) is 0 Å². The van der Waals surface area contributed by atoms with Crippen LogP contribution in [0.25, 0.3) is 0 Å². The van der Waals surface area contributed by atoms with Gasteiger partial charge in [-0.05, 0) is 46.6 Å². The number of hydrogen-bond acceptors (Lipinski definition) is 2. The summed E-state index contributed by atoms with van der Waals surface area (Å²) in [6, 6.07) is 11.3. The van der Waals surface area contributed by atoms with E-state index in [4.69, 9.17) is 0 Å². The van der Waals surface area contributed by atoms with E-state index in [1.165, 1.54) is 0 Å². The van der Waals surface area contributed by atoms with E-state index in [2.05, 4.69) is 26.2 Å². The van der Waals surface area contributed by atoms with Crippen LogP contribution in [0.1, 0.15) is 11.3 Å². The molecule has 2 aromatic rings. The topological polar surface area (TPSA) is 42.0 Å². The van der Waals surface area contributed by atoms with Gasteiger partial charge < -0.3 is 5.32 Å². The SMILES string of the molecule is Cc1cccc(NC(=O)Cc2ccccn2)c1Br. The number of nitrogens with zero attached hydrogens (tertiary/aromatic N) is 1. The van der Waals surface area contributed by atoms with Gasteiger partial charge in [-0.25, -0.2) is 0 Å². The van der Waals surface area contributed by atoms with Crippen molar-refractivity contribution in [2.75, 3.05) is 5.32 Å². The quantitative estimate of drug-likeness (QED) is 0.945. The highest BCUT2D eigenvalue weighted by Gasteiger charge is 2.08. The molecule has 0 fully saturated rings. The number of benzene rings is 1. The monoisotopic (exact) mass is 304 g/mol. The molecule has 92 valence electrons. The zero-order chi connectivity index (χ0) is 13.0. The third kappa shape index (κ3) is 3.17. The number of anilines is 1. The average molecular weight is 305 g/mol. The molecular weight excluding hydrogens is 292 g/mol. The fourth-order valence-corrected chi connectivity index (χ4v) is 1.97. The summed E-state index contributed by atoms with van der Waals surface area (Å²) in [6.45, 7) is 1.98. The van der Waals surface area contributed by atoms with E-state index in [1.807, 2.05) is 43.3 Å². The molecule has 1 aromatic heterocycles. The molecular formula is C14H13BrN2O. The Bertz CT molecular complexity index is 555. The molecule has 1 aromatic carbocycles. The van der Waals surface area contributed by atoms with Crippen molar-refractivity contribution in [1.82, 2.24) is 4.98 Å². The van der Waals surface area contributed by atoms with Gasteiger partial charge in [0.25, 0.3) is 0 Å². The molecule has 0 bridgehead atoms. The van der Waals surface area contributed by atoms with Crippen molar-refractivity contribution in [2.24, 2.45) is 0 Å². The molecule has 0 aliphatic carbocycles. The first-order valence-corrected chi connectivity index (χ1v) is 6.41. The molecule has 0 spiro atoms. The van der Waals surface area contributed by atoms with Crippen molar-refractivity contribution >= 4 is 27.5 Å². The van der Waals surface area contributed by atoms with E-state index in [0.717, 1.165) is 21.4 Å². The molecule has 1 N–H and O–H groups in total. The maximum absolute atomic E-state index is 11.9. The Morgan fingerprint density at radius 3 is 2.83 bits per heavy atom. The minimum atomic E-state index is -0.0694. The average Bonchev–Trinajstić information content (AvgIpc) is 2.36. The molecule has 18 heavy (non-hydrogen) atoms. The van der Waals surface area contributed by atoms with Crippen LogP contribution in [0.4, 0.5) is 5.69 Å². The highest BCUT2D eigenvalue weighted by molar-refractivity contribution is 9.10. The summed E-state index contributed by atoms with van der Waals surface area (Å²) in [7, 11) is 0. The second-order valence-corrected chi connectivity index (χ2v) is 4.78. The van der Waals surface area contributed by atoms with Crippen molar-refractivity contribution in [3.05, 3.63) is 58.3 Å². The van der Waals surface area contributed by atoms with Crippen LogP contribution in [0.15, 0.2) is 47.1 Å². The summed E-state index contributed by atoms with van der Waals surface area (Å²) >= 11 is 3.46. The number of carbonyl (C=O) groups excluding carboxylic acids is 1. The summed E-state index contributed by atoms with van der Waals surface area (Å²) in [5.74, 6) is -0.0694. The predicted octanol–water partition coefficient (Wildman–Crippen LogP) is 3.33. The largest absolute Gasteiger partial charge is 0.325 e. The molecule has 1 amide bonds. The minimum absolute atomic E-state index is 0.0694. The number of rotatable bonds is 3. The number of pyridine rings is 1. The Morgan fingerprint density at radius 2 is 2.11 bits per heavy atom. The lowest BCUT2D eigenvalue weighted by Crippen LogP contribution is -2.15. The van der Waals surface area contributed by atoms with Gasteiger partial charge in [-0.15, -0.1) is 0 Å². The van der Waals surface area contributed by atoms with Gasteiger partial charge in [0.15, 0.2) is 0 Å². The van der Waals surface area contributed by atoms with E-state index < -0.39 is 0 Å². The van der Waals surface area contributed by atoms with Crippen molar-refractivity contribution in [3.8, 4) is 0 Å². The number of aromatic nitrogens is 1. The molecule has 0 saturated heterocycles. The Morgan fingerprint density at radius 1 is 1.28 bits per heavy atom. The molecule has 0 radical (unpaired) electrons. The zero-order valence-corrected chi connectivity index (χ0v) is 11.6. The van der Waals surface area contributed by atoms with E-state index in [9.17, 15) is 4.79 Å². The van der Waals surface area contributed by atoms with Gasteiger partial charge in [-0.1, -0.05) is 18.2 Å². The van der Waals surface area contributed by atoms with Crippen LogP contribution in [0.5, 0.6) is 0 Å². The molecule has 3 nitrogen and oxygen atoms in total. The maximum Gasteiger partial charge on any atom is 0.230 e. The number of carbonyl (C=O) groups is 1. The smallest absolute Gasteiger partial charge is 0.230 e. The third-order valence-corrected chi connectivity index (χ3v) is 3.59. The van der Waals surface area contributed by atoms with Crippen LogP contribution in [0.2, 0.25) is 0 Å². The lowest BCUT2D eigenvalue weighted by molar-refractivity contribution is -0.115. The van der Waals surface area contributed by atoms with Gasteiger partial charge in [-0.3, -0.25) is 9.78 Å².